The normalized spacial score (nSPS) is 11.9. The molecule has 0 bridgehead atoms. The minimum atomic E-state index is 0.312. The summed E-state index contributed by atoms with van der Waals surface area (Å²) in [6, 6.07) is 0. The summed E-state index contributed by atoms with van der Waals surface area (Å²) in [5, 5.41) is 21.2. The SMILES string of the molecule is CCCCCCCCCCCC[N+]([O-])=NO. The van der Waals surface area contributed by atoms with Crippen molar-refractivity contribution in [1.29, 1.82) is 0 Å². The molecule has 0 aromatic carbocycles. The number of nitrogens with zero attached hydrogens (tertiary/aromatic N) is 2. The molecule has 4 nitrogen and oxygen atoms in total. The molecule has 0 aliphatic carbocycles. The van der Waals surface area contributed by atoms with Gasteiger partial charge in [0.1, 0.15) is 0 Å². The van der Waals surface area contributed by atoms with Gasteiger partial charge in [-0.05, 0) is 6.42 Å². The van der Waals surface area contributed by atoms with Crippen LogP contribution in [0.3, 0.4) is 0 Å². The van der Waals surface area contributed by atoms with E-state index in [0.29, 0.717) is 11.4 Å². The van der Waals surface area contributed by atoms with Gasteiger partial charge in [-0.3, -0.25) is 0 Å². The second-order valence-electron chi connectivity index (χ2n) is 4.35. The number of hydrogen-bond acceptors (Lipinski definition) is 2. The zero-order chi connectivity index (χ0) is 12.1. The van der Waals surface area contributed by atoms with E-state index in [1.165, 1.54) is 51.4 Å². The summed E-state index contributed by atoms with van der Waals surface area (Å²) >= 11 is 0. The lowest BCUT2D eigenvalue weighted by Crippen LogP contribution is -2.01. The van der Waals surface area contributed by atoms with Gasteiger partial charge in [-0.2, -0.15) is 0 Å². The van der Waals surface area contributed by atoms with Crippen LogP contribution in [0, 0.1) is 5.21 Å². The third kappa shape index (κ3) is 11.3. The Morgan fingerprint density at radius 2 is 1.31 bits per heavy atom. The van der Waals surface area contributed by atoms with Gasteiger partial charge in [0, 0.05) is 6.42 Å². The van der Waals surface area contributed by atoms with E-state index in [9.17, 15) is 5.21 Å². The summed E-state index contributed by atoms with van der Waals surface area (Å²) in [6.45, 7) is 2.55. The maximum Gasteiger partial charge on any atom is 0.197 e. The Labute approximate surface area is 98.9 Å². The van der Waals surface area contributed by atoms with E-state index in [1.807, 2.05) is 0 Å². The van der Waals surface area contributed by atoms with Gasteiger partial charge in [-0.25, -0.2) is 0 Å². The van der Waals surface area contributed by atoms with Gasteiger partial charge in [0.15, 0.2) is 11.8 Å². The molecule has 0 amide bonds. The summed E-state index contributed by atoms with van der Waals surface area (Å²) in [5.74, 6) is 0. The van der Waals surface area contributed by atoms with Crippen LogP contribution in [0.25, 0.3) is 0 Å². The molecule has 0 aliphatic heterocycles. The van der Waals surface area contributed by atoms with Gasteiger partial charge in [0.05, 0.1) is 0 Å². The van der Waals surface area contributed by atoms with Crippen LogP contribution < -0.4 is 0 Å². The van der Waals surface area contributed by atoms with E-state index < -0.39 is 0 Å². The third-order valence-electron chi connectivity index (χ3n) is 2.80. The molecule has 0 aromatic heterocycles. The van der Waals surface area contributed by atoms with Gasteiger partial charge in [-0.1, -0.05) is 63.2 Å². The van der Waals surface area contributed by atoms with Crippen molar-refractivity contribution in [2.75, 3.05) is 6.54 Å². The number of unbranched alkanes of at least 4 members (excludes halogenated alkanes) is 9. The van der Waals surface area contributed by atoms with E-state index in [2.05, 4.69) is 12.2 Å². The fourth-order valence-corrected chi connectivity index (χ4v) is 1.78. The molecular formula is C12H26N2O2. The van der Waals surface area contributed by atoms with Crippen LogP contribution in [0.5, 0.6) is 0 Å². The minimum Gasteiger partial charge on any atom is -0.597 e. The lowest BCUT2D eigenvalue weighted by atomic mass is 10.1. The molecule has 1 N–H and O–H groups in total. The monoisotopic (exact) mass is 230 g/mol. The average Bonchev–Trinajstić information content (AvgIpc) is 2.31. The topological polar surface area (TPSA) is 58.7 Å². The van der Waals surface area contributed by atoms with Gasteiger partial charge in [0.2, 0.25) is 0 Å². The van der Waals surface area contributed by atoms with Crippen molar-refractivity contribution in [3.8, 4) is 0 Å². The molecule has 16 heavy (non-hydrogen) atoms. The first-order valence-electron chi connectivity index (χ1n) is 6.61. The van der Waals surface area contributed by atoms with Gasteiger partial charge in [-0.15, -0.1) is 0 Å². The second kappa shape index (κ2) is 12.3. The molecule has 0 atom stereocenters. The highest BCUT2D eigenvalue weighted by atomic mass is 16.6. The number of hydroxylamine groups is 1. The van der Waals surface area contributed by atoms with E-state index in [0.717, 1.165) is 12.8 Å². The van der Waals surface area contributed by atoms with Gasteiger partial charge < -0.3 is 10.4 Å². The predicted octanol–water partition coefficient (Wildman–Crippen LogP) is 4.26. The second-order valence-corrected chi connectivity index (χ2v) is 4.35. The zero-order valence-corrected chi connectivity index (χ0v) is 10.5. The number of hydrogen-bond donors (Lipinski definition) is 1. The number of rotatable bonds is 11. The first kappa shape index (κ1) is 15.2. The summed E-state index contributed by atoms with van der Waals surface area (Å²) in [4.78, 5) is 0.338. The summed E-state index contributed by atoms with van der Waals surface area (Å²) < 4.78 is 0. The highest BCUT2D eigenvalue weighted by Crippen LogP contribution is 2.10. The predicted molar refractivity (Wildman–Crippen MR) is 64.6 cm³/mol. The molecule has 0 aliphatic rings. The quantitative estimate of drug-likeness (QED) is 0.249. The Morgan fingerprint density at radius 3 is 1.75 bits per heavy atom. The highest BCUT2D eigenvalue weighted by molar-refractivity contribution is 4.46. The van der Waals surface area contributed by atoms with E-state index in [4.69, 9.17) is 5.21 Å². The molecule has 0 saturated carbocycles. The molecule has 0 radical (unpaired) electrons. The standard InChI is InChI=1S/C12H26N2O2/c1-2-3-4-5-6-7-8-9-10-11-12-14(16)13-15/h15H,2-12H2,1H3. The van der Waals surface area contributed by atoms with Crippen LogP contribution in [0.2, 0.25) is 0 Å². The highest BCUT2D eigenvalue weighted by Gasteiger charge is 1.96. The van der Waals surface area contributed by atoms with Crippen molar-refractivity contribution in [2.45, 2.75) is 71.1 Å². The first-order valence-corrected chi connectivity index (χ1v) is 6.61. The minimum absolute atomic E-state index is 0.312. The Balaban J connectivity index is 2.99. The first-order chi connectivity index (χ1) is 7.81. The summed E-state index contributed by atoms with van der Waals surface area (Å²) in [5.41, 5.74) is 0. The van der Waals surface area contributed by atoms with E-state index >= 15 is 0 Å². The average molecular weight is 230 g/mol. The van der Waals surface area contributed by atoms with E-state index in [-0.39, 0.29) is 0 Å². The molecule has 96 valence electrons. The Hall–Kier alpha value is -0.800. The Kier molecular flexibility index (Phi) is 11.7. The van der Waals surface area contributed by atoms with Crippen LogP contribution in [-0.4, -0.2) is 16.6 Å². The van der Waals surface area contributed by atoms with Crippen molar-refractivity contribution in [2.24, 2.45) is 5.28 Å². The van der Waals surface area contributed by atoms with Crippen molar-refractivity contribution in [3.63, 3.8) is 0 Å². The summed E-state index contributed by atoms with van der Waals surface area (Å²) in [6.07, 6.45) is 12.4. The van der Waals surface area contributed by atoms with Gasteiger partial charge >= 0.3 is 0 Å². The summed E-state index contributed by atoms with van der Waals surface area (Å²) in [7, 11) is 0. The Bertz CT molecular complexity index is 172. The maximum absolute atomic E-state index is 10.5. The molecule has 4 heteroatoms. The van der Waals surface area contributed by atoms with Crippen molar-refractivity contribution < 1.29 is 10.1 Å². The molecule has 0 unspecified atom stereocenters. The van der Waals surface area contributed by atoms with Crippen molar-refractivity contribution >= 4 is 0 Å². The lowest BCUT2D eigenvalue weighted by Gasteiger charge is -2.01. The molecule has 0 rings (SSSR count). The maximum atomic E-state index is 10.5. The molecule has 0 spiro atoms. The van der Waals surface area contributed by atoms with Gasteiger partial charge in [0.25, 0.3) is 0 Å². The zero-order valence-electron chi connectivity index (χ0n) is 10.5. The van der Waals surface area contributed by atoms with Crippen molar-refractivity contribution in [1.82, 2.24) is 0 Å². The molecule has 0 fully saturated rings. The van der Waals surface area contributed by atoms with Crippen LogP contribution in [0.1, 0.15) is 71.1 Å². The molecule has 0 saturated heterocycles. The van der Waals surface area contributed by atoms with Crippen LogP contribution in [-0.2, 0) is 0 Å². The lowest BCUT2D eigenvalue weighted by molar-refractivity contribution is -0.556. The van der Waals surface area contributed by atoms with E-state index in [1.54, 1.807) is 0 Å². The fourth-order valence-electron chi connectivity index (χ4n) is 1.78. The van der Waals surface area contributed by atoms with Crippen LogP contribution in [0.15, 0.2) is 5.28 Å². The smallest absolute Gasteiger partial charge is 0.197 e. The largest absolute Gasteiger partial charge is 0.597 e. The third-order valence-corrected chi connectivity index (χ3v) is 2.80. The van der Waals surface area contributed by atoms with Crippen LogP contribution >= 0.6 is 0 Å². The Morgan fingerprint density at radius 1 is 0.875 bits per heavy atom. The van der Waals surface area contributed by atoms with Crippen LogP contribution in [0.4, 0.5) is 0 Å². The van der Waals surface area contributed by atoms with Crippen molar-refractivity contribution in [3.05, 3.63) is 5.21 Å². The molecular weight excluding hydrogens is 204 g/mol. The molecule has 0 heterocycles. The fraction of sp³-hybridized carbons (Fsp3) is 1.00. The molecule has 0 aromatic rings.